The largest absolute Gasteiger partial charge is 1.00 e. The third kappa shape index (κ3) is 6.87. The summed E-state index contributed by atoms with van der Waals surface area (Å²) in [7, 11) is -4.51. The first-order chi connectivity index (χ1) is 9.71. The van der Waals surface area contributed by atoms with Crippen LogP contribution in [0.4, 0.5) is 0 Å². The van der Waals surface area contributed by atoms with Crippen molar-refractivity contribution in [2.45, 2.75) is 13.0 Å². The predicted molar refractivity (Wildman–Crippen MR) is 80.8 cm³/mol. The molecule has 1 unspecified atom stereocenters. The van der Waals surface area contributed by atoms with Crippen molar-refractivity contribution in [3.63, 3.8) is 0 Å². The van der Waals surface area contributed by atoms with Crippen LogP contribution in [0, 0.1) is 0 Å². The van der Waals surface area contributed by atoms with E-state index in [0.717, 1.165) is 0 Å². The van der Waals surface area contributed by atoms with Crippen molar-refractivity contribution in [2.75, 3.05) is 6.61 Å². The number of carbonyl (C=O) groups is 1. The van der Waals surface area contributed by atoms with Crippen LogP contribution in [0.15, 0.2) is 47.4 Å². The van der Waals surface area contributed by atoms with E-state index in [1.807, 2.05) is 0 Å². The molecular formula is C14H18NNaO5S. The molecule has 0 heterocycles. The number of esters is 1. The van der Waals surface area contributed by atoms with Crippen molar-refractivity contribution in [1.82, 2.24) is 0 Å². The molecule has 0 saturated heterocycles. The Morgan fingerprint density at radius 2 is 2.00 bits per heavy atom. The Hall–Kier alpha value is -0.960. The summed E-state index contributed by atoms with van der Waals surface area (Å²) in [5.74, 6) is -0.681. The Morgan fingerprint density at radius 3 is 2.45 bits per heavy atom. The zero-order valence-electron chi connectivity index (χ0n) is 13.5. The minimum absolute atomic E-state index is 0. The molecule has 6 nitrogen and oxygen atoms in total. The van der Waals surface area contributed by atoms with Gasteiger partial charge in [-0.25, -0.2) is 4.79 Å². The maximum Gasteiger partial charge on any atom is 1.00 e. The second kappa shape index (κ2) is 9.24. The molecule has 0 aromatic heterocycles. The molecular weight excluding hydrogens is 317 g/mol. The number of hydrogen-bond donors (Lipinski definition) is 2. The average molecular weight is 335 g/mol. The van der Waals surface area contributed by atoms with Crippen molar-refractivity contribution in [3.8, 4) is 0 Å². The summed E-state index contributed by atoms with van der Waals surface area (Å²) in [6.07, 6.45) is 1.23. The van der Waals surface area contributed by atoms with Gasteiger partial charge in [0.25, 0.3) is 10.1 Å². The van der Waals surface area contributed by atoms with Crippen LogP contribution in [0.5, 0.6) is 0 Å². The summed E-state index contributed by atoms with van der Waals surface area (Å²) >= 11 is 0. The van der Waals surface area contributed by atoms with Crippen molar-refractivity contribution in [1.29, 1.82) is 0 Å². The fourth-order valence-electron chi connectivity index (χ4n) is 1.46. The van der Waals surface area contributed by atoms with Crippen molar-refractivity contribution in [3.05, 3.63) is 53.0 Å². The van der Waals surface area contributed by atoms with Gasteiger partial charge >= 0.3 is 35.5 Å². The van der Waals surface area contributed by atoms with Gasteiger partial charge in [-0.3, -0.25) is 4.55 Å². The summed E-state index contributed by atoms with van der Waals surface area (Å²) in [5, 5.41) is 0. The molecule has 0 spiro atoms. The molecule has 0 bridgehead atoms. The molecule has 0 aliphatic carbocycles. The van der Waals surface area contributed by atoms with Gasteiger partial charge in [-0.05, 0) is 18.6 Å². The third-order valence-electron chi connectivity index (χ3n) is 2.51. The molecule has 116 valence electrons. The van der Waals surface area contributed by atoms with Gasteiger partial charge in [0.1, 0.15) is 6.61 Å². The Balaban J connectivity index is 0. The molecule has 0 fully saturated rings. The second-order valence-corrected chi connectivity index (χ2v) is 5.84. The van der Waals surface area contributed by atoms with E-state index in [1.54, 1.807) is 30.3 Å². The van der Waals surface area contributed by atoms with E-state index in [4.69, 9.17) is 10.5 Å². The van der Waals surface area contributed by atoms with Gasteiger partial charge in [0, 0.05) is 5.57 Å². The molecule has 22 heavy (non-hydrogen) atoms. The van der Waals surface area contributed by atoms with Gasteiger partial charge in [-0.15, -0.1) is 0 Å². The van der Waals surface area contributed by atoms with E-state index in [0.29, 0.717) is 5.56 Å². The molecule has 1 aromatic carbocycles. The zero-order chi connectivity index (χ0) is 16.0. The molecule has 0 aliphatic rings. The maximum absolute atomic E-state index is 11.4. The Bertz CT molecular complexity index is 661. The van der Waals surface area contributed by atoms with Crippen LogP contribution in [0.3, 0.4) is 0 Å². The molecule has 0 aliphatic heterocycles. The van der Waals surface area contributed by atoms with E-state index in [-0.39, 0.29) is 43.2 Å². The van der Waals surface area contributed by atoms with Gasteiger partial charge in [-0.2, -0.15) is 8.42 Å². The SMILES string of the molecule is C=C(C)C(=O)OCC(N)C(=Cc1ccccc1)S(=O)(=O)O.[H-].[Na+]. The topological polar surface area (TPSA) is 107 Å². The van der Waals surface area contributed by atoms with Gasteiger partial charge in [0.05, 0.1) is 10.9 Å². The molecule has 0 amide bonds. The minimum atomic E-state index is -4.51. The van der Waals surface area contributed by atoms with E-state index in [9.17, 15) is 17.8 Å². The molecule has 1 aromatic rings. The quantitative estimate of drug-likeness (QED) is 0.283. The van der Waals surface area contributed by atoms with Crippen LogP contribution < -0.4 is 35.3 Å². The number of carbonyl (C=O) groups excluding carboxylic acids is 1. The summed E-state index contributed by atoms with van der Waals surface area (Å²) in [6, 6.07) is 7.30. The average Bonchev–Trinajstić information content (AvgIpc) is 2.41. The second-order valence-electron chi connectivity index (χ2n) is 4.42. The smallest absolute Gasteiger partial charge is 1.00 e. The van der Waals surface area contributed by atoms with Crippen molar-refractivity contribution in [2.24, 2.45) is 5.73 Å². The first-order valence-electron chi connectivity index (χ1n) is 6.04. The van der Waals surface area contributed by atoms with Crippen LogP contribution in [0.25, 0.3) is 6.08 Å². The van der Waals surface area contributed by atoms with Gasteiger partial charge < -0.3 is 11.9 Å². The number of hydrogen-bond acceptors (Lipinski definition) is 5. The van der Waals surface area contributed by atoms with Crippen LogP contribution in [0.1, 0.15) is 13.9 Å². The Labute approximate surface area is 153 Å². The summed E-state index contributed by atoms with van der Waals surface area (Å²) < 4.78 is 36.9. The molecule has 1 rings (SSSR count). The normalized spacial score (nSPS) is 13.0. The van der Waals surface area contributed by atoms with Crippen molar-refractivity contribution >= 4 is 22.2 Å². The molecule has 1 atom stereocenters. The monoisotopic (exact) mass is 335 g/mol. The van der Waals surface area contributed by atoms with E-state index >= 15 is 0 Å². The van der Waals surface area contributed by atoms with Crippen LogP contribution in [-0.4, -0.2) is 31.6 Å². The minimum Gasteiger partial charge on any atom is -1.00 e. The Kier molecular flexibility index (Phi) is 8.84. The number of nitrogens with two attached hydrogens (primary N) is 1. The van der Waals surface area contributed by atoms with E-state index < -0.39 is 27.0 Å². The van der Waals surface area contributed by atoms with Crippen LogP contribution in [-0.2, 0) is 19.6 Å². The van der Waals surface area contributed by atoms with E-state index in [1.165, 1.54) is 13.0 Å². The first-order valence-corrected chi connectivity index (χ1v) is 7.48. The zero-order valence-corrected chi connectivity index (χ0v) is 15.3. The molecule has 3 N–H and O–H groups in total. The van der Waals surface area contributed by atoms with Crippen LogP contribution in [0.2, 0.25) is 0 Å². The van der Waals surface area contributed by atoms with Gasteiger partial charge in [-0.1, -0.05) is 36.9 Å². The first kappa shape index (κ1) is 21.0. The van der Waals surface area contributed by atoms with Gasteiger partial charge in [0.15, 0.2) is 0 Å². The predicted octanol–water partition coefficient (Wildman–Crippen LogP) is -1.52. The number of rotatable bonds is 6. The number of benzene rings is 1. The molecule has 0 radical (unpaired) electrons. The summed E-state index contributed by atoms with van der Waals surface area (Å²) in [4.78, 5) is 10.8. The maximum atomic E-state index is 11.4. The third-order valence-corrected chi connectivity index (χ3v) is 3.53. The fourth-order valence-corrected chi connectivity index (χ4v) is 2.19. The molecule has 8 heteroatoms. The van der Waals surface area contributed by atoms with Crippen LogP contribution >= 0.6 is 0 Å². The van der Waals surface area contributed by atoms with E-state index in [2.05, 4.69) is 6.58 Å². The van der Waals surface area contributed by atoms with Gasteiger partial charge in [0.2, 0.25) is 0 Å². The number of ether oxygens (including phenoxy) is 1. The summed E-state index contributed by atoms with van der Waals surface area (Å²) in [6.45, 7) is 4.47. The van der Waals surface area contributed by atoms with Crippen molar-refractivity contribution < 1.29 is 53.5 Å². The summed E-state index contributed by atoms with van der Waals surface area (Å²) in [5.41, 5.74) is 6.40. The fraction of sp³-hybridized carbons (Fsp3) is 0.214. The Morgan fingerprint density at radius 1 is 1.45 bits per heavy atom. The molecule has 0 saturated carbocycles. The standard InChI is InChI=1S/C14H17NO5S.Na.H/c1-10(2)14(16)20-9-12(15)13(21(17,18)19)8-11-6-4-3-5-7-11;;/h3-8,12H,1,9,15H2,2H3,(H,17,18,19);;/q;+1;-1.